The highest BCUT2D eigenvalue weighted by Gasteiger charge is 2.16. The standard InChI is InChI=1S/C22H26FN7O2/c1-14-9-16(5-6-18(14)23)29-20-28-12-17(15-10-24-13-25-11-15)19(30-20)26-7-8-27-21(31)32-22(2,3)4/h5-6,9-13H,7-8H2,1-4H3,(H,27,31)(H2,26,28,29,30). The highest BCUT2D eigenvalue weighted by Crippen LogP contribution is 2.26. The van der Waals surface area contributed by atoms with Crippen molar-refractivity contribution in [1.29, 1.82) is 0 Å². The molecule has 0 atom stereocenters. The second-order valence-corrected chi connectivity index (χ2v) is 8.03. The third kappa shape index (κ3) is 6.59. The lowest BCUT2D eigenvalue weighted by atomic mass is 10.1. The molecule has 32 heavy (non-hydrogen) atoms. The van der Waals surface area contributed by atoms with Gasteiger partial charge in [0.15, 0.2) is 0 Å². The van der Waals surface area contributed by atoms with Gasteiger partial charge in [-0.25, -0.2) is 24.1 Å². The second kappa shape index (κ2) is 9.99. The summed E-state index contributed by atoms with van der Waals surface area (Å²) in [7, 11) is 0. The van der Waals surface area contributed by atoms with Crippen molar-refractivity contribution in [3.8, 4) is 11.1 Å². The highest BCUT2D eigenvalue weighted by molar-refractivity contribution is 5.75. The molecule has 2 aromatic heterocycles. The predicted octanol–water partition coefficient (Wildman–Crippen LogP) is 4.06. The summed E-state index contributed by atoms with van der Waals surface area (Å²) in [4.78, 5) is 28.8. The molecule has 10 heteroatoms. The maximum Gasteiger partial charge on any atom is 0.407 e. The van der Waals surface area contributed by atoms with Crippen LogP contribution in [-0.4, -0.2) is 44.7 Å². The molecule has 2 heterocycles. The summed E-state index contributed by atoms with van der Waals surface area (Å²) in [5, 5.41) is 8.97. The molecule has 1 aromatic carbocycles. The van der Waals surface area contributed by atoms with Gasteiger partial charge >= 0.3 is 6.09 Å². The summed E-state index contributed by atoms with van der Waals surface area (Å²) in [5.74, 6) is 0.581. The first kappa shape index (κ1) is 22.9. The lowest BCUT2D eigenvalue weighted by molar-refractivity contribution is 0.0530. The van der Waals surface area contributed by atoms with Crippen molar-refractivity contribution in [2.75, 3.05) is 23.7 Å². The lowest BCUT2D eigenvalue weighted by Gasteiger charge is -2.20. The summed E-state index contributed by atoms with van der Waals surface area (Å²) < 4.78 is 18.8. The molecular formula is C22H26FN7O2. The fourth-order valence-electron chi connectivity index (χ4n) is 2.74. The average Bonchev–Trinajstić information content (AvgIpc) is 2.73. The minimum Gasteiger partial charge on any atom is -0.444 e. The normalized spacial score (nSPS) is 11.0. The van der Waals surface area contributed by atoms with Crippen molar-refractivity contribution in [3.05, 3.63) is 54.5 Å². The Hall–Kier alpha value is -3.82. The van der Waals surface area contributed by atoms with Crippen LogP contribution in [0, 0.1) is 12.7 Å². The van der Waals surface area contributed by atoms with Crippen LogP contribution < -0.4 is 16.0 Å². The molecule has 0 bridgehead atoms. The second-order valence-electron chi connectivity index (χ2n) is 8.03. The van der Waals surface area contributed by atoms with Crippen LogP contribution in [0.1, 0.15) is 26.3 Å². The largest absolute Gasteiger partial charge is 0.444 e. The predicted molar refractivity (Wildman–Crippen MR) is 120 cm³/mol. The van der Waals surface area contributed by atoms with Crippen LogP contribution in [0.3, 0.4) is 0 Å². The highest BCUT2D eigenvalue weighted by atomic mass is 19.1. The van der Waals surface area contributed by atoms with Gasteiger partial charge in [0.25, 0.3) is 0 Å². The van der Waals surface area contributed by atoms with Crippen LogP contribution in [-0.2, 0) is 4.74 Å². The first-order valence-electron chi connectivity index (χ1n) is 10.1. The number of aromatic nitrogens is 4. The smallest absolute Gasteiger partial charge is 0.407 e. The molecule has 1 amide bonds. The van der Waals surface area contributed by atoms with Crippen molar-refractivity contribution in [2.45, 2.75) is 33.3 Å². The molecule has 0 aliphatic carbocycles. The van der Waals surface area contributed by atoms with Crippen molar-refractivity contribution in [2.24, 2.45) is 0 Å². The van der Waals surface area contributed by atoms with E-state index in [-0.39, 0.29) is 5.82 Å². The minimum absolute atomic E-state index is 0.282. The number of aryl methyl sites for hydroxylation is 1. The van der Waals surface area contributed by atoms with E-state index in [9.17, 15) is 9.18 Å². The Morgan fingerprint density at radius 3 is 2.56 bits per heavy atom. The zero-order valence-corrected chi connectivity index (χ0v) is 18.4. The fourth-order valence-corrected chi connectivity index (χ4v) is 2.74. The number of hydrogen-bond donors (Lipinski definition) is 3. The number of rotatable bonds is 7. The minimum atomic E-state index is -0.566. The number of nitrogens with zero attached hydrogens (tertiary/aromatic N) is 4. The molecule has 9 nitrogen and oxygen atoms in total. The van der Waals surface area contributed by atoms with Crippen molar-refractivity contribution in [3.63, 3.8) is 0 Å². The van der Waals surface area contributed by atoms with Gasteiger partial charge in [0.2, 0.25) is 5.95 Å². The molecule has 0 unspecified atom stereocenters. The van der Waals surface area contributed by atoms with E-state index < -0.39 is 11.7 Å². The molecule has 0 fully saturated rings. The lowest BCUT2D eigenvalue weighted by Crippen LogP contribution is -2.35. The van der Waals surface area contributed by atoms with E-state index in [1.807, 2.05) is 0 Å². The number of carbonyl (C=O) groups excluding carboxylic acids is 1. The Morgan fingerprint density at radius 2 is 1.88 bits per heavy atom. The van der Waals surface area contributed by atoms with E-state index in [4.69, 9.17) is 4.74 Å². The maximum atomic E-state index is 13.5. The van der Waals surface area contributed by atoms with Crippen LogP contribution in [0.5, 0.6) is 0 Å². The van der Waals surface area contributed by atoms with Gasteiger partial charge in [-0.15, -0.1) is 0 Å². The monoisotopic (exact) mass is 439 g/mol. The Bertz CT molecular complexity index is 1070. The number of benzene rings is 1. The average molecular weight is 439 g/mol. The number of hydrogen-bond acceptors (Lipinski definition) is 8. The summed E-state index contributed by atoms with van der Waals surface area (Å²) in [6.45, 7) is 7.81. The van der Waals surface area contributed by atoms with Gasteiger partial charge in [0.1, 0.15) is 23.6 Å². The first-order chi connectivity index (χ1) is 15.2. The molecule has 0 aliphatic rings. The summed E-state index contributed by atoms with van der Waals surface area (Å²) in [6, 6.07) is 4.67. The molecule has 168 valence electrons. The van der Waals surface area contributed by atoms with Gasteiger partial charge in [-0.2, -0.15) is 4.98 Å². The van der Waals surface area contributed by atoms with Gasteiger partial charge in [-0.05, 0) is 51.5 Å². The van der Waals surface area contributed by atoms with E-state index in [2.05, 4.69) is 35.9 Å². The summed E-state index contributed by atoms with van der Waals surface area (Å²) >= 11 is 0. The van der Waals surface area contributed by atoms with Gasteiger partial charge in [0, 0.05) is 48.5 Å². The summed E-state index contributed by atoms with van der Waals surface area (Å²) in [5.41, 5.74) is 2.05. The number of nitrogens with one attached hydrogen (secondary N) is 3. The van der Waals surface area contributed by atoms with Gasteiger partial charge in [-0.1, -0.05) is 0 Å². The van der Waals surface area contributed by atoms with E-state index in [0.29, 0.717) is 41.7 Å². The molecule has 0 saturated heterocycles. The maximum absolute atomic E-state index is 13.5. The molecular weight excluding hydrogens is 413 g/mol. The van der Waals surface area contributed by atoms with Crippen LogP contribution in [0.25, 0.3) is 11.1 Å². The number of carbonyl (C=O) groups is 1. The van der Waals surface area contributed by atoms with Crippen LogP contribution in [0.2, 0.25) is 0 Å². The number of ether oxygens (including phenoxy) is 1. The van der Waals surface area contributed by atoms with Crippen molar-refractivity contribution >= 4 is 23.5 Å². The molecule has 0 spiro atoms. The third-order valence-corrected chi connectivity index (χ3v) is 4.16. The van der Waals surface area contributed by atoms with E-state index in [0.717, 1.165) is 5.56 Å². The first-order valence-corrected chi connectivity index (χ1v) is 10.1. The van der Waals surface area contributed by atoms with E-state index >= 15 is 0 Å². The third-order valence-electron chi connectivity index (χ3n) is 4.16. The van der Waals surface area contributed by atoms with Crippen molar-refractivity contribution in [1.82, 2.24) is 25.3 Å². The number of alkyl carbamates (subject to hydrolysis) is 1. The van der Waals surface area contributed by atoms with Crippen LogP contribution in [0.15, 0.2) is 43.1 Å². The molecule has 3 N–H and O–H groups in total. The van der Waals surface area contributed by atoms with Crippen LogP contribution in [0.4, 0.5) is 26.6 Å². The van der Waals surface area contributed by atoms with E-state index in [1.165, 1.54) is 12.4 Å². The number of anilines is 3. The Balaban J connectivity index is 1.74. The molecule has 0 radical (unpaired) electrons. The van der Waals surface area contributed by atoms with Crippen LogP contribution >= 0.6 is 0 Å². The molecule has 3 rings (SSSR count). The fraction of sp³-hybridized carbons (Fsp3) is 0.318. The molecule has 0 saturated carbocycles. The quantitative estimate of drug-likeness (QED) is 0.472. The van der Waals surface area contributed by atoms with E-state index in [1.54, 1.807) is 58.4 Å². The molecule has 3 aromatic rings. The Morgan fingerprint density at radius 1 is 1.12 bits per heavy atom. The zero-order valence-electron chi connectivity index (χ0n) is 18.4. The summed E-state index contributed by atoms with van der Waals surface area (Å²) in [6.07, 6.45) is 5.91. The Labute approximate surface area is 185 Å². The SMILES string of the molecule is Cc1cc(Nc2ncc(-c3cncnc3)c(NCCNC(=O)OC(C)(C)C)n2)ccc1F. The zero-order chi connectivity index (χ0) is 23.1. The van der Waals surface area contributed by atoms with Gasteiger partial charge in [-0.3, -0.25) is 0 Å². The number of halogens is 1. The van der Waals surface area contributed by atoms with Gasteiger partial charge < -0.3 is 20.7 Å². The van der Waals surface area contributed by atoms with Crippen molar-refractivity contribution < 1.29 is 13.9 Å². The topological polar surface area (TPSA) is 114 Å². The Kier molecular flexibility index (Phi) is 7.14. The number of amides is 1. The van der Waals surface area contributed by atoms with Gasteiger partial charge in [0.05, 0.1) is 0 Å². The molecule has 0 aliphatic heterocycles.